The number of anilines is 1. The molecule has 0 saturated carbocycles. The third-order valence-electron chi connectivity index (χ3n) is 2.53. The zero-order valence-electron chi connectivity index (χ0n) is 10.1. The Kier molecular flexibility index (Phi) is 3.64. The van der Waals surface area contributed by atoms with Crippen LogP contribution in [0.15, 0.2) is 40.8 Å². The molecule has 1 aromatic carbocycles. The zero-order valence-corrected chi connectivity index (χ0v) is 10.1. The topological polar surface area (TPSA) is 80.3 Å². The molecular weight excluding hydrogens is 230 g/mol. The maximum absolute atomic E-state index is 11.5. The molecular formula is C13H15N3O2. The van der Waals surface area contributed by atoms with E-state index in [1.807, 2.05) is 31.3 Å². The summed E-state index contributed by atoms with van der Waals surface area (Å²) in [6, 6.07) is 11.1. The molecule has 1 aromatic heterocycles. The molecule has 1 amide bonds. The molecule has 0 saturated heterocycles. The summed E-state index contributed by atoms with van der Waals surface area (Å²) in [7, 11) is 1.85. The third kappa shape index (κ3) is 2.52. The van der Waals surface area contributed by atoms with Crippen LogP contribution in [0.5, 0.6) is 0 Å². The van der Waals surface area contributed by atoms with E-state index in [1.54, 1.807) is 12.1 Å². The molecule has 0 bridgehead atoms. The largest absolute Gasteiger partial charge is 0.451 e. The van der Waals surface area contributed by atoms with E-state index in [0.717, 1.165) is 11.3 Å². The summed E-state index contributed by atoms with van der Waals surface area (Å²) in [4.78, 5) is 11.5. The summed E-state index contributed by atoms with van der Waals surface area (Å²) < 4.78 is 5.49. The van der Waals surface area contributed by atoms with Crippen LogP contribution < -0.4 is 16.4 Å². The SMILES string of the molecule is CNc1cccc(-c2ccc(C(=O)NCN)o2)c1. The van der Waals surface area contributed by atoms with Crippen LogP contribution in [0, 0.1) is 0 Å². The van der Waals surface area contributed by atoms with Crippen molar-refractivity contribution in [2.24, 2.45) is 5.73 Å². The van der Waals surface area contributed by atoms with Crippen LogP contribution in [0.2, 0.25) is 0 Å². The fourth-order valence-corrected chi connectivity index (χ4v) is 1.62. The summed E-state index contributed by atoms with van der Waals surface area (Å²) in [5, 5.41) is 5.53. The molecule has 2 rings (SSSR count). The van der Waals surface area contributed by atoms with Gasteiger partial charge in [-0.25, -0.2) is 0 Å². The monoisotopic (exact) mass is 245 g/mol. The average molecular weight is 245 g/mol. The Hall–Kier alpha value is -2.27. The average Bonchev–Trinajstić information content (AvgIpc) is 2.89. The normalized spacial score (nSPS) is 10.1. The number of carbonyl (C=O) groups is 1. The molecule has 5 heteroatoms. The number of rotatable bonds is 4. The van der Waals surface area contributed by atoms with Crippen molar-refractivity contribution in [1.82, 2.24) is 5.32 Å². The lowest BCUT2D eigenvalue weighted by Gasteiger charge is -2.02. The smallest absolute Gasteiger partial charge is 0.287 e. The molecule has 18 heavy (non-hydrogen) atoms. The van der Waals surface area contributed by atoms with Crippen molar-refractivity contribution in [1.29, 1.82) is 0 Å². The molecule has 1 heterocycles. The number of furan rings is 1. The maximum atomic E-state index is 11.5. The first-order valence-corrected chi connectivity index (χ1v) is 5.61. The highest BCUT2D eigenvalue weighted by atomic mass is 16.3. The molecule has 4 N–H and O–H groups in total. The highest BCUT2D eigenvalue weighted by molar-refractivity contribution is 5.92. The van der Waals surface area contributed by atoms with Crippen molar-refractivity contribution in [3.05, 3.63) is 42.2 Å². The molecule has 2 aromatic rings. The van der Waals surface area contributed by atoms with Crippen LogP contribution >= 0.6 is 0 Å². The molecule has 0 unspecified atom stereocenters. The second-order valence-electron chi connectivity index (χ2n) is 3.70. The first-order chi connectivity index (χ1) is 8.74. The number of nitrogens with one attached hydrogen (secondary N) is 2. The Morgan fingerprint density at radius 2 is 2.17 bits per heavy atom. The van der Waals surface area contributed by atoms with Crippen LogP contribution in [-0.2, 0) is 0 Å². The van der Waals surface area contributed by atoms with E-state index in [4.69, 9.17) is 10.2 Å². The number of nitrogens with two attached hydrogens (primary N) is 1. The minimum Gasteiger partial charge on any atom is -0.451 e. The Morgan fingerprint density at radius 3 is 2.89 bits per heavy atom. The molecule has 0 atom stereocenters. The van der Waals surface area contributed by atoms with E-state index >= 15 is 0 Å². The number of benzene rings is 1. The van der Waals surface area contributed by atoms with Crippen molar-refractivity contribution in [3.8, 4) is 11.3 Å². The van der Waals surface area contributed by atoms with Gasteiger partial charge in [-0.3, -0.25) is 4.79 Å². The summed E-state index contributed by atoms with van der Waals surface area (Å²) in [5.41, 5.74) is 7.13. The molecule has 0 spiro atoms. The van der Waals surface area contributed by atoms with Crippen LogP contribution in [0.25, 0.3) is 11.3 Å². The second kappa shape index (κ2) is 5.37. The highest BCUT2D eigenvalue weighted by Gasteiger charge is 2.11. The van der Waals surface area contributed by atoms with Gasteiger partial charge in [-0.1, -0.05) is 12.1 Å². The number of hydrogen-bond acceptors (Lipinski definition) is 4. The van der Waals surface area contributed by atoms with Gasteiger partial charge in [0.1, 0.15) is 5.76 Å². The fraction of sp³-hybridized carbons (Fsp3) is 0.154. The first-order valence-electron chi connectivity index (χ1n) is 5.61. The van der Waals surface area contributed by atoms with Crippen molar-refractivity contribution < 1.29 is 9.21 Å². The van der Waals surface area contributed by atoms with Crippen LogP contribution in [0.3, 0.4) is 0 Å². The van der Waals surface area contributed by atoms with Crippen LogP contribution in [0.4, 0.5) is 5.69 Å². The number of amides is 1. The third-order valence-corrected chi connectivity index (χ3v) is 2.53. The van der Waals surface area contributed by atoms with Gasteiger partial charge in [0.05, 0.1) is 6.67 Å². The number of hydrogen-bond donors (Lipinski definition) is 3. The molecule has 94 valence electrons. The van der Waals surface area contributed by atoms with E-state index in [0.29, 0.717) is 5.76 Å². The van der Waals surface area contributed by atoms with Gasteiger partial charge in [0.2, 0.25) is 0 Å². The van der Waals surface area contributed by atoms with Gasteiger partial charge in [0.15, 0.2) is 5.76 Å². The first kappa shape index (κ1) is 12.2. The van der Waals surface area contributed by atoms with Gasteiger partial charge in [-0.15, -0.1) is 0 Å². The second-order valence-corrected chi connectivity index (χ2v) is 3.70. The van der Waals surface area contributed by atoms with E-state index in [2.05, 4.69) is 10.6 Å². The lowest BCUT2D eigenvalue weighted by atomic mass is 10.1. The Balaban J connectivity index is 2.26. The zero-order chi connectivity index (χ0) is 13.0. The van der Waals surface area contributed by atoms with E-state index < -0.39 is 0 Å². The molecule has 0 radical (unpaired) electrons. The summed E-state index contributed by atoms with van der Waals surface area (Å²) in [6.07, 6.45) is 0. The Labute approximate surface area is 105 Å². The summed E-state index contributed by atoms with van der Waals surface area (Å²) in [6.45, 7) is 0.0874. The van der Waals surface area contributed by atoms with E-state index in [9.17, 15) is 4.79 Å². The Morgan fingerprint density at radius 1 is 1.33 bits per heavy atom. The van der Waals surface area contributed by atoms with Crippen molar-refractivity contribution in [2.75, 3.05) is 19.0 Å². The molecule has 0 aliphatic rings. The maximum Gasteiger partial charge on any atom is 0.287 e. The molecule has 0 fully saturated rings. The van der Waals surface area contributed by atoms with Gasteiger partial charge in [0, 0.05) is 18.3 Å². The van der Waals surface area contributed by atoms with Crippen molar-refractivity contribution >= 4 is 11.6 Å². The van der Waals surface area contributed by atoms with Gasteiger partial charge in [-0.05, 0) is 24.3 Å². The van der Waals surface area contributed by atoms with Crippen molar-refractivity contribution in [2.45, 2.75) is 0 Å². The lowest BCUT2D eigenvalue weighted by Crippen LogP contribution is -2.28. The van der Waals surface area contributed by atoms with E-state index in [1.165, 1.54) is 0 Å². The molecule has 0 aliphatic carbocycles. The quantitative estimate of drug-likeness (QED) is 0.715. The number of carbonyl (C=O) groups excluding carboxylic acids is 1. The van der Waals surface area contributed by atoms with Gasteiger partial charge >= 0.3 is 0 Å². The standard InChI is InChI=1S/C13H15N3O2/c1-15-10-4-2-3-9(7-10)11-5-6-12(18-11)13(17)16-8-14/h2-7,15H,8,14H2,1H3,(H,16,17). The minimum absolute atomic E-state index is 0.0874. The highest BCUT2D eigenvalue weighted by Crippen LogP contribution is 2.24. The minimum atomic E-state index is -0.312. The van der Waals surface area contributed by atoms with Gasteiger partial charge in [-0.2, -0.15) is 0 Å². The van der Waals surface area contributed by atoms with Crippen molar-refractivity contribution in [3.63, 3.8) is 0 Å². The van der Waals surface area contributed by atoms with E-state index in [-0.39, 0.29) is 18.3 Å². The van der Waals surface area contributed by atoms with Gasteiger partial charge < -0.3 is 20.8 Å². The van der Waals surface area contributed by atoms with Gasteiger partial charge in [0.25, 0.3) is 5.91 Å². The molecule has 5 nitrogen and oxygen atoms in total. The Bertz CT molecular complexity index is 549. The fourth-order valence-electron chi connectivity index (χ4n) is 1.62. The predicted octanol–water partition coefficient (Wildman–Crippen LogP) is 1.63. The van der Waals surface area contributed by atoms with Crippen LogP contribution in [-0.4, -0.2) is 19.6 Å². The molecule has 0 aliphatic heterocycles. The predicted molar refractivity (Wildman–Crippen MR) is 70.2 cm³/mol. The summed E-state index contributed by atoms with van der Waals surface area (Å²) >= 11 is 0. The summed E-state index contributed by atoms with van der Waals surface area (Å²) in [5.74, 6) is 0.591. The lowest BCUT2D eigenvalue weighted by molar-refractivity contribution is 0.0928. The van der Waals surface area contributed by atoms with Crippen LogP contribution in [0.1, 0.15) is 10.6 Å².